The van der Waals surface area contributed by atoms with Crippen LogP contribution < -0.4 is 15.0 Å². The second kappa shape index (κ2) is 9.59. The summed E-state index contributed by atoms with van der Waals surface area (Å²) in [6.07, 6.45) is 0. The zero-order chi connectivity index (χ0) is 18.2. The number of carbonyl (C=O) groups is 1. The predicted octanol–water partition coefficient (Wildman–Crippen LogP) is 3.10. The van der Waals surface area contributed by atoms with Gasteiger partial charge in [0.15, 0.2) is 6.54 Å². The van der Waals surface area contributed by atoms with Crippen LogP contribution in [0.1, 0.15) is 25.3 Å². The number of rotatable bonds is 8. The van der Waals surface area contributed by atoms with Gasteiger partial charge in [-0.25, -0.2) is 0 Å². The summed E-state index contributed by atoms with van der Waals surface area (Å²) in [6, 6.07) is 15.7. The van der Waals surface area contributed by atoms with Gasteiger partial charge in [0.05, 0.1) is 7.05 Å². The first kappa shape index (κ1) is 19.5. The zero-order valence-electron chi connectivity index (χ0n) is 15.0. The average molecular weight is 406 g/mol. The number of anilines is 1. The number of quaternary nitrogens is 1. The molecule has 0 aromatic heterocycles. The van der Waals surface area contributed by atoms with E-state index in [1.54, 1.807) is 0 Å². The predicted molar refractivity (Wildman–Crippen MR) is 105 cm³/mol. The Morgan fingerprint density at radius 3 is 2.52 bits per heavy atom. The minimum Gasteiger partial charge on any atom is -0.488 e. The number of carbonyl (C=O) groups excluding carboxylic acids is 1. The Bertz CT molecular complexity index is 686. The van der Waals surface area contributed by atoms with E-state index in [2.05, 4.69) is 41.2 Å². The van der Waals surface area contributed by atoms with Gasteiger partial charge in [0.1, 0.15) is 18.9 Å². The van der Waals surface area contributed by atoms with Gasteiger partial charge >= 0.3 is 0 Å². The molecule has 2 aromatic rings. The summed E-state index contributed by atoms with van der Waals surface area (Å²) in [5, 5.41) is 3.03. The van der Waals surface area contributed by atoms with Crippen LogP contribution >= 0.6 is 15.9 Å². The first-order chi connectivity index (χ1) is 12.0. The van der Waals surface area contributed by atoms with Crippen molar-refractivity contribution in [2.75, 3.05) is 32.1 Å². The van der Waals surface area contributed by atoms with Crippen molar-refractivity contribution in [1.29, 1.82) is 0 Å². The molecule has 0 aliphatic heterocycles. The largest absolute Gasteiger partial charge is 0.488 e. The van der Waals surface area contributed by atoms with Crippen molar-refractivity contribution in [3.8, 4) is 5.75 Å². The van der Waals surface area contributed by atoms with Crippen LogP contribution in [0.3, 0.4) is 0 Å². The van der Waals surface area contributed by atoms with Crippen molar-refractivity contribution in [3.05, 3.63) is 58.6 Å². The van der Waals surface area contributed by atoms with Gasteiger partial charge in [0, 0.05) is 10.2 Å². The summed E-state index contributed by atoms with van der Waals surface area (Å²) < 4.78 is 6.74. The van der Waals surface area contributed by atoms with E-state index in [0.29, 0.717) is 19.1 Å². The van der Waals surface area contributed by atoms with Crippen molar-refractivity contribution < 1.29 is 14.4 Å². The fraction of sp³-hybridized carbons (Fsp3) is 0.350. The fourth-order valence-electron chi connectivity index (χ4n) is 2.55. The monoisotopic (exact) mass is 405 g/mol. The van der Waals surface area contributed by atoms with Crippen LogP contribution in [0.25, 0.3) is 0 Å². The van der Waals surface area contributed by atoms with Crippen molar-refractivity contribution in [3.63, 3.8) is 0 Å². The minimum atomic E-state index is 0.0224. The van der Waals surface area contributed by atoms with Gasteiger partial charge in [0.25, 0.3) is 5.91 Å². The second-order valence-electron chi connectivity index (χ2n) is 6.48. The Balaban J connectivity index is 1.77. The van der Waals surface area contributed by atoms with Crippen LogP contribution in [0, 0.1) is 0 Å². The Morgan fingerprint density at radius 1 is 1.16 bits per heavy atom. The van der Waals surface area contributed by atoms with E-state index >= 15 is 0 Å². The van der Waals surface area contributed by atoms with Crippen molar-refractivity contribution >= 4 is 27.5 Å². The SMILES string of the molecule is CC(C)c1ccccc1NC(=O)C[NH+](C)CCOc1ccc(Br)cc1. The van der Waals surface area contributed by atoms with Crippen LogP contribution in [0.4, 0.5) is 5.69 Å². The number of ether oxygens (including phenoxy) is 1. The van der Waals surface area contributed by atoms with Gasteiger partial charge in [-0.2, -0.15) is 0 Å². The molecule has 0 fully saturated rings. The first-order valence-electron chi connectivity index (χ1n) is 8.54. The lowest BCUT2D eigenvalue weighted by Gasteiger charge is -2.16. The van der Waals surface area contributed by atoms with Crippen LogP contribution in [0.15, 0.2) is 53.0 Å². The lowest BCUT2D eigenvalue weighted by atomic mass is 10.0. The number of halogens is 1. The molecule has 0 spiro atoms. The van der Waals surface area contributed by atoms with Crippen LogP contribution in [0.5, 0.6) is 5.75 Å². The highest BCUT2D eigenvalue weighted by molar-refractivity contribution is 9.10. The number of benzene rings is 2. The molecule has 4 nitrogen and oxygen atoms in total. The van der Waals surface area contributed by atoms with E-state index < -0.39 is 0 Å². The lowest BCUT2D eigenvalue weighted by Crippen LogP contribution is -3.10. The third kappa shape index (κ3) is 6.52. The Kier molecular flexibility index (Phi) is 7.47. The highest BCUT2D eigenvalue weighted by Crippen LogP contribution is 2.23. The molecule has 0 saturated heterocycles. The normalized spacial score (nSPS) is 12.0. The number of nitrogens with one attached hydrogen (secondary N) is 2. The molecule has 0 radical (unpaired) electrons. The summed E-state index contributed by atoms with van der Waals surface area (Å²) in [5.74, 6) is 1.24. The topological polar surface area (TPSA) is 42.8 Å². The highest BCUT2D eigenvalue weighted by Gasteiger charge is 2.13. The number of likely N-dealkylation sites (N-methyl/N-ethyl adjacent to an activating group) is 1. The molecule has 0 aliphatic carbocycles. The first-order valence-corrected chi connectivity index (χ1v) is 9.33. The molecule has 0 saturated carbocycles. The summed E-state index contributed by atoms with van der Waals surface area (Å²) in [5.41, 5.74) is 2.06. The summed E-state index contributed by atoms with van der Waals surface area (Å²) in [6.45, 7) is 6.00. The van der Waals surface area contributed by atoms with Crippen LogP contribution in [0.2, 0.25) is 0 Å². The second-order valence-corrected chi connectivity index (χ2v) is 7.39. The molecule has 25 heavy (non-hydrogen) atoms. The summed E-state index contributed by atoms with van der Waals surface area (Å²) in [4.78, 5) is 13.4. The number of hydrogen-bond donors (Lipinski definition) is 2. The summed E-state index contributed by atoms with van der Waals surface area (Å²) in [7, 11) is 2.00. The molecular weight excluding hydrogens is 380 g/mol. The number of hydrogen-bond acceptors (Lipinski definition) is 2. The maximum atomic E-state index is 12.3. The van der Waals surface area contributed by atoms with Crippen LogP contribution in [-0.2, 0) is 4.79 Å². The minimum absolute atomic E-state index is 0.0224. The zero-order valence-corrected chi connectivity index (χ0v) is 16.6. The van der Waals surface area contributed by atoms with Crippen LogP contribution in [-0.4, -0.2) is 32.7 Å². The lowest BCUT2D eigenvalue weighted by molar-refractivity contribution is -0.871. The molecule has 2 N–H and O–H groups in total. The molecule has 5 heteroatoms. The standard InChI is InChI=1S/C20H25BrN2O2/c1-15(2)18-6-4-5-7-19(18)22-20(24)14-23(3)12-13-25-17-10-8-16(21)9-11-17/h4-11,15H,12-14H2,1-3H3,(H,22,24)/p+1. The third-order valence-corrected chi connectivity index (χ3v) is 4.46. The maximum absolute atomic E-state index is 12.3. The average Bonchev–Trinajstić information content (AvgIpc) is 2.57. The van der Waals surface area contributed by atoms with Gasteiger partial charge in [-0.1, -0.05) is 48.0 Å². The molecule has 1 atom stereocenters. The molecule has 134 valence electrons. The van der Waals surface area contributed by atoms with Gasteiger partial charge < -0.3 is 15.0 Å². The van der Waals surface area contributed by atoms with E-state index in [-0.39, 0.29) is 5.91 Å². The smallest absolute Gasteiger partial charge is 0.279 e. The molecule has 1 amide bonds. The molecule has 1 unspecified atom stereocenters. The molecule has 0 aliphatic rings. The Morgan fingerprint density at radius 2 is 1.84 bits per heavy atom. The molecule has 0 bridgehead atoms. The third-order valence-electron chi connectivity index (χ3n) is 3.93. The Labute approximate surface area is 158 Å². The van der Waals surface area contributed by atoms with Crippen molar-refractivity contribution in [1.82, 2.24) is 0 Å². The summed E-state index contributed by atoms with van der Waals surface area (Å²) >= 11 is 3.40. The van der Waals surface area contributed by atoms with Gasteiger partial charge in [-0.15, -0.1) is 0 Å². The van der Waals surface area contributed by atoms with E-state index in [4.69, 9.17) is 4.74 Å². The Hall–Kier alpha value is -1.85. The van der Waals surface area contributed by atoms with Crippen molar-refractivity contribution in [2.45, 2.75) is 19.8 Å². The molecule has 2 aromatic carbocycles. The number of para-hydroxylation sites is 1. The van der Waals surface area contributed by atoms with Gasteiger partial charge in [0.2, 0.25) is 0 Å². The molecule has 0 heterocycles. The van der Waals surface area contributed by atoms with E-state index in [1.165, 1.54) is 0 Å². The van der Waals surface area contributed by atoms with E-state index in [9.17, 15) is 4.79 Å². The molecular formula is C20H26BrN2O2+. The highest BCUT2D eigenvalue weighted by atomic mass is 79.9. The quantitative estimate of drug-likeness (QED) is 0.708. The van der Waals surface area contributed by atoms with Gasteiger partial charge in [-0.3, -0.25) is 4.79 Å². The fourth-order valence-corrected chi connectivity index (χ4v) is 2.81. The molecule has 2 rings (SSSR count). The van der Waals surface area contributed by atoms with E-state index in [0.717, 1.165) is 32.9 Å². The maximum Gasteiger partial charge on any atom is 0.279 e. The van der Waals surface area contributed by atoms with Gasteiger partial charge in [-0.05, 0) is 41.8 Å². The van der Waals surface area contributed by atoms with E-state index in [1.807, 2.05) is 49.5 Å². The number of amides is 1. The van der Waals surface area contributed by atoms with Crippen molar-refractivity contribution in [2.24, 2.45) is 0 Å².